The standard InChI is InChI=1S/C37H45ClN8O3/c1-2-49-35(48)25-5-9-37(10-6-25)17-23(18-37)15-26-3-4-29(33(47)32(26)38)30-16-31-34(44-43-30)40-21-28-22-45(13-14-46(28)31)36-41-19-27(20-42-36)24-7-11-39-12-8-24/h3-4,15-16,19-20,24-25,28,39,47H,2,5-14,17-18,21-22H2,1H3,(H,40,44)/t25?,28-,37?/m1/s1. The van der Waals surface area contributed by atoms with Crippen LogP contribution in [0.1, 0.15) is 75.3 Å². The Labute approximate surface area is 292 Å². The number of benzene rings is 1. The van der Waals surface area contributed by atoms with Crippen molar-refractivity contribution in [2.24, 2.45) is 11.3 Å². The number of fused-ring (bicyclic) bond motifs is 3. The van der Waals surface area contributed by atoms with Crippen molar-refractivity contribution in [3.63, 3.8) is 0 Å². The molecule has 3 aliphatic heterocycles. The molecule has 2 aliphatic carbocycles. The molecule has 0 radical (unpaired) electrons. The van der Waals surface area contributed by atoms with E-state index in [0.29, 0.717) is 28.8 Å². The Hall–Kier alpha value is -3.96. The third kappa shape index (κ3) is 6.31. The number of anilines is 3. The van der Waals surface area contributed by atoms with Crippen LogP contribution in [0.4, 0.5) is 17.5 Å². The lowest BCUT2D eigenvalue weighted by Gasteiger charge is -2.48. The van der Waals surface area contributed by atoms with E-state index < -0.39 is 0 Å². The number of hydrogen-bond donors (Lipinski definition) is 3. The van der Waals surface area contributed by atoms with E-state index >= 15 is 0 Å². The van der Waals surface area contributed by atoms with Crippen molar-refractivity contribution >= 4 is 41.1 Å². The third-order valence-corrected chi connectivity index (χ3v) is 11.9. The van der Waals surface area contributed by atoms with E-state index in [9.17, 15) is 9.90 Å². The highest BCUT2D eigenvalue weighted by Crippen LogP contribution is 2.56. The van der Waals surface area contributed by atoms with Crippen LogP contribution in [0.5, 0.6) is 5.75 Å². The van der Waals surface area contributed by atoms with Gasteiger partial charge in [0.1, 0.15) is 5.75 Å². The van der Waals surface area contributed by atoms with Crippen molar-refractivity contribution in [1.29, 1.82) is 0 Å². The number of aromatic nitrogens is 4. The Morgan fingerprint density at radius 2 is 1.88 bits per heavy atom. The van der Waals surface area contributed by atoms with Crippen LogP contribution in [0, 0.1) is 11.3 Å². The summed E-state index contributed by atoms with van der Waals surface area (Å²) in [4.78, 5) is 26.4. The average Bonchev–Trinajstić information content (AvgIpc) is 3.13. The SMILES string of the molecule is CCOC(=O)C1CCC2(CC1)CC(=Cc1ccc(-c3cc4c(nn3)NC[C@@H]3CN(c5ncc(C6CCNCC6)cn5)CCN43)c(O)c1Cl)C2. The van der Waals surface area contributed by atoms with Crippen LogP contribution in [0.15, 0.2) is 36.2 Å². The molecule has 49 heavy (non-hydrogen) atoms. The van der Waals surface area contributed by atoms with Crippen LogP contribution >= 0.6 is 11.6 Å². The van der Waals surface area contributed by atoms with Crippen molar-refractivity contribution in [1.82, 2.24) is 25.5 Å². The first-order valence-electron chi connectivity index (χ1n) is 17.9. The molecule has 0 amide bonds. The lowest BCUT2D eigenvalue weighted by Crippen LogP contribution is -2.58. The van der Waals surface area contributed by atoms with E-state index in [1.54, 1.807) is 0 Å². The maximum Gasteiger partial charge on any atom is 0.308 e. The van der Waals surface area contributed by atoms with Gasteiger partial charge in [-0.1, -0.05) is 29.3 Å². The van der Waals surface area contributed by atoms with Gasteiger partial charge in [0.2, 0.25) is 5.95 Å². The Kier molecular flexibility index (Phi) is 8.82. The van der Waals surface area contributed by atoms with Gasteiger partial charge in [0.15, 0.2) is 5.82 Å². The quantitative estimate of drug-likeness (QED) is 0.273. The summed E-state index contributed by atoms with van der Waals surface area (Å²) in [6.07, 6.45) is 14.3. The number of piperazine rings is 1. The van der Waals surface area contributed by atoms with Gasteiger partial charge in [0, 0.05) is 44.1 Å². The van der Waals surface area contributed by atoms with E-state index in [0.717, 1.165) is 114 Å². The number of aromatic hydroxyl groups is 1. The molecule has 258 valence electrons. The Bertz CT molecular complexity index is 1730. The molecule has 2 aromatic heterocycles. The molecule has 8 rings (SSSR count). The first-order chi connectivity index (χ1) is 23.9. The van der Waals surface area contributed by atoms with Crippen LogP contribution in [0.3, 0.4) is 0 Å². The zero-order valence-corrected chi connectivity index (χ0v) is 28.9. The number of allylic oxidation sites excluding steroid dienone is 1. The maximum absolute atomic E-state index is 12.2. The highest BCUT2D eigenvalue weighted by Gasteiger charge is 2.44. The highest BCUT2D eigenvalue weighted by atomic mass is 35.5. The van der Waals surface area contributed by atoms with Crippen molar-refractivity contribution in [3.05, 3.63) is 52.3 Å². The zero-order chi connectivity index (χ0) is 33.5. The number of esters is 1. The van der Waals surface area contributed by atoms with Gasteiger partial charge < -0.3 is 30.3 Å². The van der Waals surface area contributed by atoms with Crippen LogP contribution in [0.2, 0.25) is 5.02 Å². The van der Waals surface area contributed by atoms with E-state index in [1.807, 2.05) is 37.5 Å². The largest absolute Gasteiger partial charge is 0.506 e. The van der Waals surface area contributed by atoms with E-state index in [1.165, 1.54) is 11.1 Å². The van der Waals surface area contributed by atoms with Crippen LogP contribution in [-0.2, 0) is 9.53 Å². The molecule has 2 saturated heterocycles. The molecule has 3 aromatic rings. The van der Waals surface area contributed by atoms with Crippen LogP contribution in [-0.4, -0.2) is 83.2 Å². The summed E-state index contributed by atoms with van der Waals surface area (Å²) >= 11 is 6.78. The highest BCUT2D eigenvalue weighted by molar-refractivity contribution is 6.34. The normalized spacial score (nSPS) is 25.2. The molecule has 11 nitrogen and oxygen atoms in total. The smallest absolute Gasteiger partial charge is 0.308 e. The van der Waals surface area contributed by atoms with Gasteiger partial charge in [0.25, 0.3) is 0 Å². The number of halogens is 1. The fourth-order valence-electron chi connectivity index (χ4n) is 8.67. The van der Waals surface area contributed by atoms with E-state index in [2.05, 4.69) is 36.7 Å². The Morgan fingerprint density at radius 3 is 2.63 bits per heavy atom. The van der Waals surface area contributed by atoms with E-state index in [-0.39, 0.29) is 29.1 Å². The van der Waals surface area contributed by atoms with Gasteiger partial charge in [-0.25, -0.2) is 9.97 Å². The second-order valence-electron chi connectivity index (χ2n) is 14.5. The number of ether oxygens (including phenoxy) is 1. The summed E-state index contributed by atoms with van der Waals surface area (Å²) in [5.41, 5.74) is 5.78. The molecule has 1 atom stereocenters. The van der Waals surface area contributed by atoms with Gasteiger partial charge in [0.05, 0.1) is 35.0 Å². The summed E-state index contributed by atoms with van der Waals surface area (Å²) in [6.45, 7) is 7.55. The topological polar surface area (TPSA) is 129 Å². The molecular formula is C37H45ClN8O3. The third-order valence-electron chi connectivity index (χ3n) is 11.5. The number of rotatable bonds is 6. The average molecular weight is 685 g/mol. The van der Waals surface area contributed by atoms with Crippen molar-refractivity contribution in [2.45, 2.75) is 70.3 Å². The van der Waals surface area contributed by atoms with Gasteiger partial charge in [-0.15, -0.1) is 10.2 Å². The number of nitrogens with zero attached hydrogens (tertiary/aromatic N) is 6. The fourth-order valence-corrected chi connectivity index (χ4v) is 8.89. The van der Waals surface area contributed by atoms with Gasteiger partial charge in [-0.3, -0.25) is 4.79 Å². The molecule has 12 heteroatoms. The molecule has 2 saturated carbocycles. The lowest BCUT2D eigenvalue weighted by atomic mass is 9.57. The predicted molar refractivity (Wildman–Crippen MR) is 191 cm³/mol. The molecule has 1 aromatic carbocycles. The molecule has 5 aliphatic rings. The minimum absolute atomic E-state index is 0.0180. The van der Waals surface area contributed by atoms with E-state index in [4.69, 9.17) is 26.3 Å². The maximum atomic E-state index is 12.2. The van der Waals surface area contributed by atoms with Crippen molar-refractivity contribution in [3.8, 4) is 17.0 Å². The number of carbonyl (C=O) groups is 1. The van der Waals surface area contributed by atoms with Gasteiger partial charge >= 0.3 is 5.97 Å². The number of hydrogen-bond acceptors (Lipinski definition) is 11. The number of carbonyl (C=O) groups excluding carboxylic acids is 1. The zero-order valence-electron chi connectivity index (χ0n) is 28.1. The van der Waals surface area contributed by atoms with Crippen molar-refractivity contribution in [2.75, 3.05) is 61.0 Å². The molecule has 0 unspecified atom stereocenters. The monoisotopic (exact) mass is 684 g/mol. The lowest BCUT2D eigenvalue weighted by molar-refractivity contribution is -0.150. The summed E-state index contributed by atoms with van der Waals surface area (Å²) < 4.78 is 5.25. The molecule has 3 N–H and O–H groups in total. The minimum Gasteiger partial charge on any atom is -0.506 e. The van der Waals surface area contributed by atoms with Crippen molar-refractivity contribution < 1.29 is 14.6 Å². The summed E-state index contributed by atoms with van der Waals surface area (Å²) in [6, 6.07) is 6.07. The number of phenolic OH excluding ortho intramolecular Hbond substituents is 1. The number of nitrogens with one attached hydrogen (secondary N) is 2. The Balaban J connectivity index is 0.929. The fraction of sp³-hybridized carbons (Fsp3) is 0.541. The minimum atomic E-state index is -0.0450. The first-order valence-corrected chi connectivity index (χ1v) is 18.3. The van der Waals surface area contributed by atoms with Crippen LogP contribution < -0.4 is 20.4 Å². The molecule has 0 bridgehead atoms. The second kappa shape index (κ2) is 13.4. The number of phenols is 1. The van der Waals surface area contributed by atoms with Gasteiger partial charge in [-0.05, 0) is 106 Å². The summed E-state index contributed by atoms with van der Waals surface area (Å²) in [7, 11) is 0. The molecular weight excluding hydrogens is 640 g/mol. The van der Waals surface area contributed by atoms with Crippen LogP contribution in [0.25, 0.3) is 17.3 Å². The van der Waals surface area contributed by atoms with Gasteiger partial charge in [-0.2, -0.15) is 0 Å². The Morgan fingerprint density at radius 1 is 1.10 bits per heavy atom. The summed E-state index contributed by atoms with van der Waals surface area (Å²) in [5, 5.41) is 27.5. The predicted octanol–water partition coefficient (Wildman–Crippen LogP) is 5.80. The molecule has 5 heterocycles. The molecule has 1 spiro atoms. The molecule has 4 fully saturated rings. The number of piperidine rings is 1. The summed E-state index contributed by atoms with van der Waals surface area (Å²) in [5.74, 6) is 2.08. The first kappa shape index (κ1) is 32.3. The second-order valence-corrected chi connectivity index (χ2v) is 14.9.